The van der Waals surface area contributed by atoms with Crippen LogP contribution in [-0.2, 0) is 9.53 Å². The number of nitrogens with zero attached hydrogens (tertiary/aromatic N) is 1. The smallest absolute Gasteiger partial charge is 0.379 e. The number of pyridine rings is 1. The van der Waals surface area contributed by atoms with Gasteiger partial charge in [0.1, 0.15) is 0 Å². The van der Waals surface area contributed by atoms with Crippen molar-refractivity contribution in [3.8, 4) is 5.75 Å². The number of esters is 1. The Morgan fingerprint density at radius 2 is 2.19 bits per heavy atom. The van der Waals surface area contributed by atoms with Crippen LogP contribution in [0.25, 0.3) is 0 Å². The molecule has 0 unspecified atom stereocenters. The van der Waals surface area contributed by atoms with Crippen molar-refractivity contribution < 1.29 is 23.5 Å². The molecule has 0 aliphatic rings. The third-order valence-electron chi connectivity index (χ3n) is 1.77. The first-order valence-electron chi connectivity index (χ1n) is 4.51. The van der Waals surface area contributed by atoms with Crippen molar-refractivity contribution in [3.63, 3.8) is 0 Å². The van der Waals surface area contributed by atoms with E-state index in [1.54, 1.807) is 6.92 Å². The predicted molar refractivity (Wildman–Crippen MR) is 51.7 cm³/mol. The minimum atomic E-state index is -1.05. The van der Waals surface area contributed by atoms with Crippen molar-refractivity contribution in [2.75, 3.05) is 13.7 Å². The van der Waals surface area contributed by atoms with E-state index >= 15 is 0 Å². The minimum Gasteiger partial charge on any atom is -0.491 e. The maximum Gasteiger partial charge on any atom is 0.379 e. The number of halogens is 1. The van der Waals surface area contributed by atoms with Crippen LogP contribution < -0.4 is 4.74 Å². The number of Topliss-reactive ketones (excluding diaryl/α,β-unsaturated/α-hetero) is 1. The van der Waals surface area contributed by atoms with Crippen molar-refractivity contribution in [2.45, 2.75) is 6.92 Å². The van der Waals surface area contributed by atoms with Gasteiger partial charge >= 0.3 is 5.97 Å². The van der Waals surface area contributed by atoms with Crippen molar-refractivity contribution in [3.05, 3.63) is 23.8 Å². The lowest BCUT2D eigenvalue weighted by atomic mass is 10.1. The summed E-state index contributed by atoms with van der Waals surface area (Å²) in [5, 5.41) is 0. The standard InChI is InChI=1S/C10H10FNO4/c1-3-16-10(14)7(13)6-4-5-12-9(11)8(6)15-2/h4-5H,3H2,1-2H3. The number of ketones is 1. The van der Waals surface area contributed by atoms with Gasteiger partial charge in [-0.05, 0) is 13.0 Å². The Bertz CT molecular complexity index is 419. The summed E-state index contributed by atoms with van der Waals surface area (Å²) in [5.74, 6) is -3.32. The summed E-state index contributed by atoms with van der Waals surface area (Å²) >= 11 is 0. The lowest BCUT2D eigenvalue weighted by Gasteiger charge is -2.06. The maximum absolute atomic E-state index is 13.1. The second-order valence-electron chi connectivity index (χ2n) is 2.73. The summed E-state index contributed by atoms with van der Waals surface area (Å²) in [4.78, 5) is 26.0. The zero-order valence-corrected chi connectivity index (χ0v) is 8.82. The van der Waals surface area contributed by atoms with E-state index in [1.165, 1.54) is 13.2 Å². The molecule has 86 valence electrons. The second-order valence-corrected chi connectivity index (χ2v) is 2.73. The summed E-state index contributed by atoms with van der Waals surface area (Å²) in [7, 11) is 1.18. The lowest BCUT2D eigenvalue weighted by Crippen LogP contribution is -2.18. The number of ether oxygens (including phenoxy) is 2. The van der Waals surface area contributed by atoms with Gasteiger partial charge in [0, 0.05) is 6.20 Å². The molecule has 5 nitrogen and oxygen atoms in total. The Kier molecular flexibility index (Phi) is 3.93. The Balaban J connectivity index is 3.08. The Hall–Kier alpha value is -1.98. The molecule has 0 aliphatic carbocycles. The van der Waals surface area contributed by atoms with Gasteiger partial charge in [0.15, 0.2) is 5.75 Å². The van der Waals surface area contributed by atoms with Crippen molar-refractivity contribution in [1.82, 2.24) is 4.98 Å². The molecule has 1 rings (SSSR count). The molecule has 1 aromatic heterocycles. The predicted octanol–water partition coefficient (Wildman–Crippen LogP) is 0.975. The second kappa shape index (κ2) is 5.20. The highest BCUT2D eigenvalue weighted by Gasteiger charge is 2.23. The maximum atomic E-state index is 13.1. The summed E-state index contributed by atoms with van der Waals surface area (Å²) < 4.78 is 22.3. The molecule has 0 amide bonds. The van der Waals surface area contributed by atoms with Crippen molar-refractivity contribution >= 4 is 11.8 Å². The van der Waals surface area contributed by atoms with Crippen LogP contribution in [0.1, 0.15) is 17.3 Å². The highest BCUT2D eigenvalue weighted by Crippen LogP contribution is 2.20. The van der Waals surface area contributed by atoms with Gasteiger partial charge in [-0.15, -0.1) is 0 Å². The fourth-order valence-electron chi connectivity index (χ4n) is 1.10. The molecule has 0 bridgehead atoms. The first-order valence-corrected chi connectivity index (χ1v) is 4.51. The van der Waals surface area contributed by atoms with Gasteiger partial charge < -0.3 is 9.47 Å². The van der Waals surface area contributed by atoms with Crippen LogP contribution >= 0.6 is 0 Å². The van der Waals surface area contributed by atoms with Crippen LogP contribution in [0.3, 0.4) is 0 Å². The number of hydrogen-bond acceptors (Lipinski definition) is 5. The van der Waals surface area contributed by atoms with Crippen molar-refractivity contribution in [2.24, 2.45) is 0 Å². The number of methoxy groups -OCH3 is 1. The zero-order chi connectivity index (χ0) is 12.1. The van der Waals surface area contributed by atoms with Gasteiger partial charge in [0.05, 0.1) is 19.3 Å². The van der Waals surface area contributed by atoms with Gasteiger partial charge in [0.25, 0.3) is 11.7 Å². The molecule has 1 aromatic rings. The normalized spacial score (nSPS) is 9.69. The lowest BCUT2D eigenvalue weighted by molar-refractivity contribution is -0.137. The molecule has 0 radical (unpaired) electrons. The van der Waals surface area contributed by atoms with Gasteiger partial charge in [-0.25, -0.2) is 9.78 Å². The van der Waals surface area contributed by atoms with E-state index in [0.717, 1.165) is 6.20 Å². The molecule has 16 heavy (non-hydrogen) atoms. The summed E-state index contributed by atoms with van der Waals surface area (Å²) in [6.07, 6.45) is 1.07. The van der Waals surface area contributed by atoms with Crippen LogP contribution in [0.15, 0.2) is 12.3 Å². The molecule has 6 heteroatoms. The van der Waals surface area contributed by atoms with Gasteiger partial charge in [-0.1, -0.05) is 0 Å². The molecule has 0 saturated carbocycles. The summed E-state index contributed by atoms with van der Waals surface area (Å²) in [6, 6.07) is 1.20. The number of carbonyl (C=O) groups is 2. The summed E-state index contributed by atoms with van der Waals surface area (Å²) in [6.45, 7) is 1.63. The molecule has 0 fully saturated rings. The minimum absolute atomic E-state index is 0.0699. The first kappa shape index (κ1) is 12.1. The van der Waals surface area contributed by atoms with Crippen LogP contribution in [0.2, 0.25) is 0 Å². The zero-order valence-electron chi connectivity index (χ0n) is 8.82. The summed E-state index contributed by atoms with van der Waals surface area (Å²) in [5.41, 5.74) is -0.201. The average Bonchev–Trinajstić information content (AvgIpc) is 2.28. The molecule has 0 saturated heterocycles. The van der Waals surface area contributed by atoms with Crippen LogP contribution in [0.4, 0.5) is 4.39 Å². The molecule has 0 N–H and O–H groups in total. The van der Waals surface area contributed by atoms with E-state index in [2.05, 4.69) is 14.5 Å². The number of rotatable bonds is 4. The van der Waals surface area contributed by atoms with Crippen LogP contribution in [-0.4, -0.2) is 30.5 Å². The molecule has 0 aromatic carbocycles. The first-order chi connectivity index (χ1) is 7.61. The topological polar surface area (TPSA) is 65.5 Å². The van der Waals surface area contributed by atoms with Crippen LogP contribution in [0, 0.1) is 5.95 Å². The van der Waals surface area contributed by atoms with Crippen LogP contribution in [0.5, 0.6) is 5.75 Å². The third kappa shape index (κ3) is 2.33. The number of carbonyl (C=O) groups excluding carboxylic acids is 2. The average molecular weight is 227 g/mol. The van der Waals surface area contributed by atoms with E-state index in [1.807, 2.05) is 0 Å². The van der Waals surface area contributed by atoms with E-state index in [0.29, 0.717) is 0 Å². The largest absolute Gasteiger partial charge is 0.491 e. The highest BCUT2D eigenvalue weighted by molar-refractivity contribution is 6.41. The fourth-order valence-corrected chi connectivity index (χ4v) is 1.10. The SMILES string of the molecule is CCOC(=O)C(=O)c1ccnc(F)c1OC. The molecule has 0 aliphatic heterocycles. The fraction of sp³-hybridized carbons (Fsp3) is 0.300. The Morgan fingerprint density at radius 1 is 1.50 bits per heavy atom. The molecule has 0 spiro atoms. The molecule has 0 atom stereocenters. The van der Waals surface area contributed by atoms with Gasteiger partial charge in [-0.2, -0.15) is 4.39 Å². The van der Waals surface area contributed by atoms with E-state index < -0.39 is 17.7 Å². The molecule has 1 heterocycles. The van der Waals surface area contributed by atoms with E-state index in [4.69, 9.17) is 0 Å². The van der Waals surface area contributed by atoms with Crippen molar-refractivity contribution in [1.29, 1.82) is 0 Å². The highest BCUT2D eigenvalue weighted by atomic mass is 19.1. The van der Waals surface area contributed by atoms with E-state index in [9.17, 15) is 14.0 Å². The molecular weight excluding hydrogens is 217 g/mol. The van der Waals surface area contributed by atoms with Gasteiger partial charge in [-0.3, -0.25) is 4.79 Å². The monoisotopic (exact) mass is 227 g/mol. The quantitative estimate of drug-likeness (QED) is 0.332. The number of aromatic nitrogens is 1. The van der Waals surface area contributed by atoms with E-state index in [-0.39, 0.29) is 17.9 Å². The Labute approximate surface area is 91.2 Å². The molecular formula is C10H10FNO4. The number of hydrogen-bond donors (Lipinski definition) is 0. The van der Waals surface area contributed by atoms with Gasteiger partial charge in [0.2, 0.25) is 0 Å². The Morgan fingerprint density at radius 3 is 2.75 bits per heavy atom. The third-order valence-corrected chi connectivity index (χ3v) is 1.77.